The summed E-state index contributed by atoms with van der Waals surface area (Å²) >= 11 is 0. The lowest BCUT2D eigenvalue weighted by Crippen LogP contribution is -2.59. The maximum absolute atomic E-state index is 15.7. The number of rotatable bonds is 12. The molecule has 0 bridgehead atoms. The maximum atomic E-state index is 15.7. The topological polar surface area (TPSA) is 0 Å². The fourth-order valence-electron chi connectivity index (χ4n) is 10.7. The highest BCUT2D eigenvalue weighted by molar-refractivity contribution is 7.17. The molecule has 0 nitrogen and oxygen atoms in total. The molecule has 0 saturated carbocycles. The Morgan fingerprint density at radius 2 is 0.286 bits per heavy atom. The van der Waals surface area contributed by atoms with Crippen molar-refractivity contribution in [1.29, 1.82) is 0 Å². The molecule has 1 saturated heterocycles. The van der Waals surface area contributed by atoms with Gasteiger partial charge in [0.15, 0.2) is 175 Å². The Kier molecular flexibility index (Phi) is 17.7. The number of benzene rings is 6. The van der Waals surface area contributed by atoms with Crippen molar-refractivity contribution in [3.05, 3.63) is 210 Å². The van der Waals surface area contributed by atoms with Gasteiger partial charge in [0.1, 0.15) is 0 Å². The van der Waals surface area contributed by atoms with Gasteiger partial charge in [-0.3, -0.25) is 0 Å². The Bertz CT molecular complexity index is 3110. The second kappa shape index (κ2) is 22.9. The van der Waals surface area contributed by atoms with Crippen molar-refractivity contribution >= 4 is 77.1 Å². The van der Waals surface area contributed by atoms with Crippen LogP contribution in [0.2, 0.25) is 36.6 Å². The molecule has 1 aliphatic heterocycles. The lowest BCUT2D eigenvalue weighted by atomic mass is 9.40. The third-order valence-electron chi connectivity index (χ3n) is 13.8. The van der Waals surface area contributed by atoms with Crippen molar-refractivity contribution in [1.82, 2.24) is 0 Å². The van der Waals surface area contributed by atoms with Crippen molar-refractivity contribution in [3.63, 3.8) is 0 Å². The fraction of sp³-hybridized carbons (Fsp3) is 0.125. The Labute approximate surface area is 454 Å². The van der Waals surface area contributed by atoms with Crippen LogP contribution in [-0.2, 0) is 0 Å². The van der Waals surface area contributed by atoms with Gasteiger partial charge in [-0.05, 0) is 0 Å². The van der Waals surface area contributed by atoms with Crippen LogP contribution in [0.3, 0.4) is 0 Å². The summed E-state index contributed by atoms with van der Waals surface area (Å²) < 4.78 is 452. The average Bonchev–Trinajstić information content (AvgIpc) is 1.04. The summed E-state index contributed by atoms with van der Waals surface area (Å²) in [5.74, 6) is -88.4. The van der Waals surface area contributed by atoms with Gasteiger partial charge in [-0.2, -0.15) is 0 Å². The smallest absolute Gasteiger partial charge is 0.204 e. The minimum absolute atomic E-state index is 0.0735. The average molecular weight is 1280 g/mol. The van der Waals surface area contributed by atoms with Gasteiger partial charge in [0.05, 0.1) is 24.2 Å². The number of halogens is 30. The zero-order valence-electron chi connectivity index (χ0n) is 41.2. The van der Waals surface area contributed by atoms with Crippen molar-refractivity contribution in [3.8, 4) is 0 Å². The van der Waals surface area contributed by atoms with E-state index in [4.69, 9.17) is 0 Å². The van der Waals surface area contributed by atoms with Gasteiger partial charge >= 0.3 is 0 Å². The molecule has 444 valence electrons. The molecule has 1 aliphatic rings. The lowest BCUT2D eigenvalue weighted by molar-refractivity contribution is 0.382. The van der Waals surface area contributed by atoms with E-state index in [1.807, 2.05) is 0 Å². The van der Waals surface area contributed by atoms with E-state index in [9.17, 15) is 79.0 Å². The van der Waals surface area contributed by atoms with Crippen LogP contribution in [0.25, 0.3) is 0 Å². The molecule has 1 heterocycles. The molecule has 0 N–H and O–H groups in total. The molecular weight excluding hydrogens is 1260 g/mol. The molecule has 0 aliphatic carbocycles. The normalized spacial score (nSPS) is 18.4. The SMILES string of the molecule is C[Si]1(/C=C/B(c2c(F)c(F)c(F)c(F)c2F)c2c(F)c(F)c(F)c(F)c2F)C[Si](C)(/C=C/B(c2c(F)c(F)c(F)c(F)c2F)c2c(F)c(F)c(F)c(F)c2F)C[Si](C)(/C=C/B(c2c(F)c(F)c(F)c(F)c2F)c2c(F)c(F)c(F)c(F)c2F)C1. The predicted molar refractivity (Wildman–Crippen MR) is 249 cm³/mol. The molecule has 84 heavy (non-hydrogen) atoms. The highest BCUT2D eigenvalue weighted by Gasteiger charge is 2.51. The third kappa shape index (κ3) is 10.7. The molecule has 36 heteroatoms. The van der Waals surface area contributed by atoms with Crippen LogP contribution in [0.1, 0.15) is 0 Å². The van der Waals surface area contributed by atoms with E-state index in [1.54, 1.807) is 0 Å². The Balaban J connectivity index is 1.57. The fourth-order valence-corrected chi connectivity index (χ4v) is 42.5. The van der Waals surface area contributed by atoms with Crippen LogP contribution < -0.4 is 32.8 Å². The van der Waals surface area contributed by atoms with E-state index in [0.717, 1.165) is 19.6 Å². The summed E-state index contributed by atoms with van der Waals surface area (Å²) in [6, 6.07) is 0. The largest absolute Gasteiger partial charge is 0.249 e. The molecule has 0 radical (unpaired) electrons. The van der Waals surface area contributed by atoms with E-state index in [1.165, 1.54) is 0 Å². The quantitative estimate of drug-likeness (QED) is 0.0496. The summed E-state index contributed by atoms with van der Waals surface area (Å²) in [5.41, 5.74) is -14.7. The van der Waals surface area contributed by atoms with Gasteiger partial charge in [0.25, 0.3) is 0 Å². The Morgan fingerprint density at radius 3 is 0.393 bits per heavy atom. The molecule has 0 spiro atoms. The molecule has 0 aromatic heterocycles. The van der Waals surface area contributed by atoms with Crippen LogP contribution in [0, 0.1) is 175 Å². The first kappa shape index (κ1) is 64.8. The maximum Gasteiger partial charge on any atom is 0.249 e. The molecule has 1 fully saturated rings. The predicted octanol–water partition coefficient (Wildman–Crippen LogP) is 11.9. The minimum Gasteiger partial charge on any atom is -0.204 e. The van der Waals surface area contributed by atoms with Crippen LogP contribution in [0.4, 0.5) is 132 Å². The van der Waals surface area contributed by atoms with Crippen molar-refractivity contribution in [2.24, 2.45) is 0 Å². The summed E-state index contributed by atoms with van der Waals surface area (Å²) in [5, 5.41) is 0. The first-order valence-electron chi connectivity index (χ1n) is 22.9. The summed E-state index contributed by atoms with van der Waals surface area (Å²) in [7, 11) is -13.4. The van der Waals surface area contributed by atoms with Gasteiger partial charge in [-0.1, -0.05) is 36.6 Å². The van der Waals surface area contributed by atoms with E-state index in [0.29, 0.717) is 17.1 Å². The van der Waals surface area contributed by atoms with Gasteiger partial charge in [0.2, 0.25) is 20.1 Å². The van der Waals surface area contributed by atoms with Crippen LogP contribution in [-0.4, -0.2) is 44.4 Å². The van der Waals surface area contributed by atoms with Gasteiger partial charge in [-0.15, -0.1) is 35.0 Å². The van der Waals surface area contributed by atoms with Crippen molar-refractivity contribution in [2.45, 2.75) is 36.6 Å². The molecule has 6 aromatic carbocycles. The monoisotopic (exact) mass is 1280 g/mol. The Hall–Kier alpha value is -6.71. The highest BCUT2D eigenvalue weighted by Crippen LogP contribution is 2.43. The van der Waals surface area contributed by atoms with Gasteiger partial charge < -0.3 is 0 Å². The summed E-state index contributed by atoms with van der Waals surface area (Å²) in [6.45, 7) is -7.07. The van der Waals surface area contributed by atoms with Crippen LogP contribution >= 0.6 is 0 Å². The molecule has 0 amide bonds. The number of hydrogen-bond acceptors (Lipinski definition) is 0. The molecule has 7 rings (SSSR count). The van der Waals surface area contributed by atoms with Crippen LogP contribution in [0.5, 0.6) is 0 Å². The van der Waals surface area contributed by atoms with Crippen molar-refractivity contribution < 1.29 is 132 Å². The highest BCUT2D eigenvalue weighted by atomic mass is 28.5. The molecule has 6 aromatic rings. The molecule has 0 atom stereocenters. The second-order valence-electron chi connectivity index (χ2n) is 19.9. The summed E-state index contributed by atoms with van der Waals surface area (Å²) in [6.07, 6.45) is 0. The molecular formula is C48H21B3F30Si3. The first-order chi connectivity index (χ1) is 38.7. The standard InChI is InChI=1S/C48H21B3F30Si3/c1-82(7-4-49(13-19(52)31(64)43(76)32(65)20(13)53)14-21(54)33(66)44(77)34(67)22(14)55)10-83(2,8-5-50(15-23(56)35(68)45(78)36(69)24(15)57)16-25(58)37(70)46(79)38(71)26(16)59)12-84(3,11-82)9-6-51(17-27(60)39(72)47(80)40(73)28(17)61)18-29(62)41(74)48(81)42(75)30(18)63/h4-9H,10-12H2,1-3H3/b7-4+,8-5+,9-6+. The van der Waals surface area contributed by atoms with Gasteiger partial charge in [0, 0.05) is 32.8 Å². The van der Waals surface area contributed by atoms with Gasteiger partial charge in [-0.25, -0.2) is 132 Å². The summed E-state index contributed by atoms with van der Waals surface area (Å²) in [4.78, 5) is 0. The van der Waals surface area contributed by atoms with Crippen LogP contribution in [0.15, 0.2) is 35.0 Å². The second-order valence-corrected chi connectivity index (χ2v) is 35.1. The van der Waals surface area contributed by atoms with E-state index >= 15 is 52.7 Å². The molecule has 0 unspecified atom stereocenters. The lowest BCUT2D eigenvalue weighted by Gasteiger charge is -2.48. The number of hydrogen-bond donors (Lipinski definition) is 0. The zero-order valence-corrected chi connectivity index (χ0v) is 44.2. The first-order valence-corrected chi connectivity index (χ1v) is 31.9. The van der Waals surface area contributed by atoms with Crippen molar-refractivity contribution in [2.75, 3.05) is 0 Å². The zero-order chi connectivity index (χ0) is 63.4. The van der Waals surface area contributed by atoms with E-state index in [2.05, 4.69) is 0 Å². The van der Waals surface area contributed by atoms with E-state index in [-0.39, 0.29) is 17.9 Å². The minimum atomic E-state index is -4.47. The Morgan fingerprint density at radius 1 is 0.190 bits per heavy atom. The third-order valence-corrected chi connectivity index (χ3v) is 36.2. The van der Waals surface area contributed by atoms with E-state index < -0.39 is 269 Å².